The van der Waals surface area contributed by atoms with Gasteiger partial charge in [-0.15, -0.1) is 0 Å². The van der Waals surface area contributed by atoms with Gasteiger partial charge >= 0.3 is 0 Å². The highest BCUT2D eigenvalue weighted by molar-refractivity contribution is 5.32. The molecule has 3 heteroatoms. The number of hydrogen-bond donors (Lipinski definition) is 2. The number of halogens is 1. The minimum Gasteiger partial charge on any atom is -0.385 e. The van der Waals surface area contributed by atoms with E-state index in [-0.39, 0.29) is 29.7 Å². The zero-order valence-electron chi connectivity index (χ0n) is 16.9. The van der Waals surface area contributed by atoms with Crippen LogP contribution in [0, 0.1) is 17.7 Å². The van der Waals surface area contributed by atoms with E-state index in [1.54, 1.807) is 12.1 Å². The molecule has 0 bridgehead atoms. The van der Waals surface area contributed by atoms with E-state index in [2.05, 4.69) is 43.4 Å². The van der Waals surface area contributed by atoms with Gasteiger partial charge in [-0.2, -0.15) is 0 Å². The summed E-state index contributed by atoms with van der Waals surface area (Å²) in [5.41, 5.74) is 2.01. The summed E-state index contributed by atoms with van der Waals surface area (Å²) < 4.78 is 13.6. The highest BCUT2D eigenvalue weighted by Crippen LogP contribution is 2.51. The van der Waals surface area contributed by atoms with Crippen molar-refractivity contribution in [2.75, 3.05) is 0 Å². The van der Waals surface area contributed by atoms with Crippen molar-refractivity contribution in [3.05, 3.63) is 107 Å². The van der Waals surface area contributed by atoms with Crippen LogP contribution in [0.15, 0.2) is 84.9 Å². The Hall–Kier alpha value is -2.49. The number of nitrogens with one attached hydrogen (secondary N) is 1. The minimum absolute atomic E-state index is 0.00791. The molecule has 1 aliphatic rings. The summed E-state index contributed by atoms with van der Waals surface area (Å²) in [5, 5.41) is 16.0. The topological polar surface area (TPSA) is 32.3 Å². The molecule has 1 heterocycles. The van der Waals surface area contributed by atoms with Crippen LogP contribution in [0.1, 0.15) is 49.0 Å². The van der Waals surface area contributed by atoms with Crippen LogP contribution in [0.25, 0.3) is 0 Å². The highest BCUT2D eigenvalue weighted by Gasteiger charge is 2.50. The molecule has 1 fully saturated rings. The molecular formula is C26H28FNO. The van der Waals surface area contributed by atoms with Crippen molar-refractivity contribution in [2.24, 2.45) is 11.8 Å². The summed E-state index contributed by atoms with van der Waals surface area (Å²) in [6.45, 7) is 4.30. The Bertz CT molecular complexity index is 926. The zero-order valence-corrected chi connectivity index (χ0v) is 16.9. The second-order valence-corrected chi connectivity index (χ2v) is 8.42. The van der Waals surface area contributed by atoms with Crippen molar-refractivity contribution >= 4 is 0 Å². The Morgan fingerprint density at radius 3 is 1.97 bits per heavy atom. The fraction of sp³-hybridized carbons (Fsp3) is 0.308. The van der Waals surface area contributed by atoms with Gasteiger partial charge in [0.1, 0.15) is 5.82 Å². The maximum absolute atomic E-state index is 13.6. The smallest absolute Gasteiger partial charge is 0.123 e. The average molecular weight is 390 g/mol. The van der Waals surface area contributed by atoms with E-state index in [0.29, 0.717) is 6.42 Å². The van der Waals surface area contributed by atoms with E-state index in [0.717, 1.165) is 16.7 Å². The van der Waals surface area contributed by atoms with Gasteiger partial charge in [0.15, 0.2) is 0 Å². The molecule has 1 aliphatic heterocycles. The van der Waals surface area contributed by atoms with Gasteiger partial charge in [-0.3, -0.25) is 0 Å². The molecule has 0 unspecified atom stereocenters. The monoisotopic (exact) mass is 389 g/mol. The van der Waals surface area contributed by atoms with E-state index in [4.69, 9.17) is 0 Å². The molecule has 0 radical (unpaired) electrons. The van der Waals surface area contributed by atoms with Gasteiger partial charge in [-0.25, -0.2) is 4.39 Å². The summed E-state index contributed by atoms with van der Waals surface area (Å²) in [7, 11) is 0. The van der Waals surface area contributed by atoms with Crippen LogP contribution in [0.5, 0.6) is 0 Å². The molecule has 1 saturated heterocycles. The van der Waals surface area contributed by atoms with Crippen LogP contribution in [0.4, 0.5) is 4.39 Å². The number of hydrogen-bond acceptors (Lipinski definition) is 2. The molecule has 0 saturated carbocycles. The van der Waals surface area contributed by atoms with Gasteiger partial charge < -0.3 is 10.4 Å². The molecule has 4 rings (SSSR count). The lowest BCUT2D eigenvalue weighted by atomic mass is 9.64. The normalized spacial score (nSPS) is 27.1. The van der Waals surface area contributed by atoms with Crippen LogP contribution < -0.4 is 5.32 Å². The Morgan fingerprint density at radius 2 is 1.41 bits per heavy atom. The molecule has 0 spiro atoms. The van der Waals surface area contributed by atoms with Crippen molar-refractivity contribution in [3.63, 3.8) is 0 Å². The number of piperidine rings is 1. The predicted molar refractivity (Wildman–Crippen MR) is 115 cm³/mol. The lowest BCUT2D eigenvalue weighted by molar-refractivity contribution is -0.0992. The lowest BCUT2D eigenvalue weighted by Crippen LogP contribution is -2.53. The molecule has 29 heavy (non-hydrogen) atoms. The fourth-order valence-corrected chi connectivity index (χ4v) is 4.95. The van der Waals surface area contributed by atoms with Crippen molar-refractivity contribution in [3.8, 4) is 0 Å². The van der Waals surface area contributed by atoms with E-state index in [1.165, 1.54) is 12.1 Å². The summed E-state index contributed by atoms with van der Waals surface area (Å²) in [6, 6.07) is 26.9. The average Bonchev–Trinajstić information content (AvgIpc) is 2.74. The Morgan fingerprint density at radius 1 is 0.862 bits per heavy atom. The summed E-state index contributed by atoms with van der Waals surface area (Å²) in [5.74, 6) is -0.124. The first-order valence-corrected chi connectivity index (χ1v) is 10.3. The first kappa shape index (κ1) is 19.8. The van der Waals surface area contributed by atoms with E-state index < -0.39 is 5.60 Å². The molecule has 2 nitrogen and oxygen atoms in total. The van der Waals surface area contributed by atoms with Gasteiger partial charge in [0.05, 0.1) is 5.60 Å². The van der Waals surface area contributed by atoms with Crippen LogP contribution in [-0.2, 0) is 5.60 Å². The Labute approximate surface area is 172 Å². The summed E-state index contributed by atoms with van der Waals surface area (Å²) >= 11 is 0. The molecule has 3 aromatic rings. The quantitative estimate of drug-likeness (QED) is 0.594. The standard InChI is InChI=1S/C26H28FNO/c1-18(2)24-25(20-11-7-4-8-12-20)28-23(19-9-5-3-6-10-19)17-26(24,29)21-13-15-22(27)16-14-21/h3-16,18,23-25,28-29H,17H2,1-2H3/t23-,24+,25-,26-/m1/s1. The molecular weight excluding hydrogens is 361 g/mol. The molecule has 3 aromatic carbocycles. The van der Waals surface area contributed by atoms with Gasteiger partial charge in [0.25, 0.3) is 0 Å². The van der Waals surface area contributed by atoms with E-state index in [1.807, 2.05) is 36.4 Å². The Kier molecular flexibility index (Phi) is 5.53. The molecule has 150 valence electrons. The van der Waals surface area contributed by atoms with Crippen LogP contribution in [0.2, 0.25) is 0 Å². The van der Waals surface area contributed by atoms with Gasteiger partial charge in [-0.05, 0) is 34.7 Å². The molecule has 0 amide bonds. The van der Waals surface area contributed by atoms with Crippen molar-refractivity contribution in [1.82, 2.24) is 5.32 Å². The van der Waals surface area contributed by atoms with Crippen molar-refractivity contribution in [1.29, 1.82) is 0 Å². The highest BCUT2D eigenvalue weighted by atomic mass is 19.1. The van der Waals surface area contributed by atoms with E-state index >= 15 is 0 Å². The van der Waals surface area contributed by atoms with Crippen LogP contribution in [0.3, 0.4) is 0 Å². The number of benzene rings is 3. The maximum atomic E-state index is 13.6. The number of rotatable bonds is 4. The van der Waals surface area contributed by atoms with Crippen molar-refractivity contribution in [2.45, 2.75) is 38.0 Å². The Balaban J connectivity index is 1.84. The molecule has 2 N–H and O–H groups in total. The SMILES string of the molecule is CC(C)[C@H]1[C@@H](c2ccccc2)N[C@@H](c2ccccc2)C[C@@]1(O)c1ccc(F)cc1. The van der Waals surface area contributed by atoms with E-state index in [9.17, 15) is 9.50 Å². The molecule has 0 aliphatic carbocycles. The third-order valence-corrected chi connectivity index (χ3v) is 6.23. The first-order chi connectivity index (χ1) is 14.0. The van der Waals surface area contributed by atoms with Crippen LogP contribution in [-0.4, -0.2) is 5.11 Å². The second-order valence-electron chi connectivity index (χ2n) is 8.42. The number of aliphatic hydroxyl groups is 1. The maximum Gasteiger partial charge on any atom is 0.123 e. The van der Waals surface area contributed by atoms with Crippen molar-refractivity contribution < 1.29 is 9.50 Å². The molecule has 4 atom stereocenters. The third kappa shape index (κ3) is 3.85. The zero-order chi connectivity index (χ0) is 20.4. The summed E-state index contributed by atoms with van der Waals surface area (Å²) in [4.78, 5) is 0. The third-order valence-electron chi connectivity index (χ3n) is 6.23. The largest absolute Gasteiger partial charge is 0.385 e. The van der Waals surface area contributed by atoms with Gasteiger partial charge in [0.2, 0.25) is 0 Å². The van der Waals surface area contributed by atoms with Gasteiger partial charge in [0, 0.05) is 24.4 Å². The fourth-order valence-electron chi connectivity index (χ4n) is 4.95. The minimum atomic E-state index is -1.08. The second kappa shape index (κ2) is 8.10. The summed E-state index contributed by atoms with van der Waals surface area (Å²) in [6.07, 6.45) is 0.537. The predicted octanol–water partition coefficient (Wildman–Crippen LogP) is 5.76. The lowest BCUT2D eigenvalue weighted by Gasteiger charge is -2.51. The van der Waals surface area contributed by atoms with Crippen LogP contribution >= 0.6 is 0 Å². The first-order valence-electron chi connectivity index (χ1n) is 10.3. The van der Waals surface area contributed by atoms with Gasteiger partial charge in [-0.1, -0.05) is 86.6 Å². The molecule has 0 aromatic heterocycles.